The molecule has 2 heteroatoms. The lowest BCUT2D eigenvalue weighted by atomic mass is 10.0. The lowest BCUT2D eigenvalue weighted by Gasteiger charge is -2.04. The average molecular weight is 190 g/mol. The first-order valence-corrected chi connectivity index (χ1v) is 4.60. The third-order valence-electron chi connectivity index (χ3n) is 2.32. The van der Waals surface area contributed by atoms with Crippen molar-refractivity contribution in [2.45, 2.75) is 6.42 Å². The van der Waals surface area contributed by atoms with Crippen LogP contribution in [0.15, 0.2) is 36.4 Å². The highest BCUT2D eigenvalue weighted by Crippen LogP contribution is 2.20. The molecule has 2 rings (SSSR count). The van der Waals surface area contributed by atoms with Crippen LogP contribution in [0.1, 0.15) is 5.56 Å². The molecular weight excluding hydrogens is 179 g/mol. The Bertz CT molecular complexity index is 451. The zero-order chi connectivity index (χ0) is 9.97. The van der Waals surface area contributed by atoms with Crippen molar-refractivity contribution in [3.63, 3.8) is 0 Å². The molecule has 0 heterocycles. The Labute approximate surface area is 81.8 Å². The fourth-order valence-electron chi connectivity index (χ4n) is 1.59. The molecule has 1 N–H and O–H groups in total. The molecule has 0 aliphatic carbocycles. The Balaban J connectivity index is 2.63. The number of rotatable bonds is 2. The summed E-state index contributed by atoms with van der Waals surface area (Å²) in [7, 11) is 0. The zero-order valence-electron chi connectivity index (χ0n) is 7.70. The van der Waals surface area contributed by atoms with Crippen LogP contribution >= 0.6 is 0 Å². The molecule has 1 nitrogen and oxygen atoms in total. The molecule has 0 bridgehead atoms. The summed E-state index contributed by atoms with van der Waals surface area (Å²) in [6.45, 7) is -0.0186. The van der Waals surface area contributed by atoms with Crippen LogP contribution in [0.25, 0.3) is 10.8 Å². The molecule has 0 amide bonds. The normalized spacial score (nSPS) is 10.7. The molecule has 0 saturated heterocycles. The van der Waals surface area contributed by atoms with E-state index in [1.807, 2.05) is 24.3 Å². The van der Waals surface area contributed by atoms with E-state index in [9.17, 15) is 4.39 Å². The van der Waals surface area contributed by atoms with Gasteiger partial charge in [-0.2, -0.15) is 0 Å². The monoisotopic (exact) mass is 190 g/mol. The number of aliphatic hydroxyl groups excluding tert-OH is 1. The molecular formula is C12H11FO. The van der Waals surface area contributed by atoms with Crippen molar-refractivity contribution in [1.29, 1.82) is 0 Å². The summed E-state index contributed by atoms with van der Waals surface area (Å²) in [4.78, 5) is 0. The van der Waals surface area contributed by atoms with E-state index >= 15 is 0 Å². The van der Waals surface area contributed by atoms with E-state index in [1.54, 1.807) is 12.1 Å². The molecule has 0 atom stereocenters. The Kier molecular flexibility index (Phi) is 2.46. The number of hydrogen-bond acceptors (Lipinski definition) is 1. The number of hydrogen-bond donors (Lipinski definition) is 1. The molecule has 72 valence electrons. The summed E-state index contributed by atoms with van der Waals surface area (Å²) in [6, 6.07) is 10.9. The first kappa shape index (κ1) is 9.16. The van der Waals surface area contributed by atoms with Crippen molar-refractivity contribution < 1.29 is 9.50 Å². The molecule has 0 aliphatic heterocycles. The van der Waals surface area contributed by atoms with Crippen molar-refractivity contribution in [3.05, 3.63) is 47.8 Å². The molecule has 0 spiro atoms. The lowest BCUT2D eigenvalue weighted by molar-refractivity contribution is 0.298. The van der Waals surface area contributed by atoms with Gasteiger partial charge in [0.15, 0.2) is 0 Å². The van der Waals surface area contributed by atoms with E-state index in [-0.39, 0.29) is 12.4 Å². The zero-order valence-corrected chi connectivity index (χ0v) is 7.70. The van der Waals surface area contributed by atoms with E-state index in [0.29, 0.717) is 17.4 Å². The maximum Gasteiger partial charge on any atom is 0.134 e. The van der Waals surface area contributed by atoms with Gasteiger partial charge in [-0.1, -0.05) is 36.4 Å². The second kappa shape index (κ2) is 3.76. The van der Waals surface area contributed by atoms with Gasteiger partial charge >= 0.3 is 0 Å². The summed E-state index contributed by atoms with van der Waals surface area (Å²) in [5.41, 5.74) is 0.575. The van der Waals surface area contributed by atoms with Gasteiger partial charge in [0, 0.05) is 12.0 Å². The quantitative estimate of drug-likeness (QED) is 0.771. The van der Waals surface area contributed by atoms with E-state index in [0.717, 1.165) is 5.39 Å². The van der Waals surface area contributed by atoms with Gasteiger partial charge < -0.3 is 5.11 Å². The topological polar surface area (TPSA) is 20.2 Å². The number of benzene rings is 2. The fraction of sp³-hybridized carbons (Fsp3) is 0.167. The van der Waals surface area contributed by atoms with Gasteiger partial charge in [0.1, 0.15) is 5.82 Å². The summed E-state index contributed by atoms with van der Waals surface area (Å²) in [5.74, 6) is -0.211. The maximum absolute atomic E-state index is 13.7. The third-order valence-corrected chi connectivity index (χ3v) is 2.32. The average Bonchev–Trinajstić information content (AvgIpc) is 2.23. The van der Waals surface area contributed by atoms with Crippen LogP contribution in [-0.2, 0) is 6.42 Å². The molecule has 0 aliphatic rings. The van der Waals surface area contributed by atoms with Gasteiger partial charge in [-0.3, -0.25) is 0 Å². The first-order valence-electron chi connectivity index (χ1n) is 4.60. The molecule has 2 aromatic carbocycles. The van der Waals surface area contributed by atoms with E-state index in [1.165, 1.54) is 0 Å². The highest BCUT2D eigenvalue weighted by atomic mass is 19.1. The van der Waals surface area contributed by atoms with Crippen molar-refractivity contribution >= 4 is 10.8 Å². The minimum atomic E-state index is -0.211. The first-order chi connectivity index (χ1) is 6.83. The minimum Gasteiger partial charge on any atom is -0.396 e. The van der Waals surface area contributed by atoms with Crippen molar-refractivity contribution in [2.24, 2.45) is 0 Å². The molecule has 2 aromatic rings. The maximum atomic E-state index is 13.7. The third kappa shape index (κ3) is 1.49. The Hall–Kier alpha value is -1.41. The molecule has 14 heavy (non-hydrogen) atoms. The van der Waals surface area contributed by atoms with Gasteiger partial charge in [0.2, 0.25) is 0 Å². The Morgan fingerprint density at radius 2 is 1.86 bits per heavy atom. The largest absolute Gasteiger partial charge is 0.396 e. The SMILES string of the molecule is OCCc1ccc2ccccc2c1F. The van der Waals surface area contributed by atoms with Crippen LogP contribution < -0.4 is 0 Å². The summed E-state index contributed by atoms with van der Waals surface area (Å²) >= 11 is 0. The summed E-state index contributed by atoms with van der Waals surface area (Å²) in [6.07, 6.45) is 0.372. The van der Waals surface area contributed by atoms with Crippen LogP contribution in [0, 0.1) is 5.82 Å². The summed E-state index contributed by atoms with van der Waals surface area (Å²) < 4.78 is 13.7. The van der Waals surface area contributed by atoms with Gasteiger partial charge in [-0.15, -0.1) is 0 Å². The highest BCUT2D eigenvalue weighted by molar-refractivity contribution is 5.83. The number of halogens is 1. The van der Waals surface area contributed by atoms with Crippen molar-refractivity contribution in [1.82, 2.24) is 0 Å². The van der Waals surface area contributed by atoms with Gasteiger partial charge in [-0.05, 0) is 17.4 Å². The van der Waals surface area contributed by atoms with E-state index in [4.69, 9.17) is 5.11 Å². The van der Waals surface area contributed by atoms with Crippen LogP contribution in [-0.4, -0.2) is 11.7 Å². The predicted octanol–water partition coefficient (Wildman–Crippen LogP) is 2.51. The van der Waals surface area contributed by atoms with Crippen molar-refractivity contribution in [3.8, 4) is 0 Å². The number of fused-ring (bicyclic) bond motifs is 1. The second-order valence-corrected chi connectivity index (χ2v) is 3.23. The number of aliphatic hydroxyl groups is 1. The van der Waals surface area contributed by atoms with Crippen molar-refractivity contribution in [2.75, 3.05) is 6.61 Å². The Morgan fingerprint density at radius 1 is 1.07 bits per heavy atom. The van der Waals surface area contributed by atoms with Gasteiger partial charge in [0.25, 0.3) is 0 Å². The molecule has 0 fully saturated rings. The molecule has 0 saturated carbocycles. The smallest absolute Gasteiger partial charge is 0.134 e. The van der Waals surface area contributed by atoms with Crippen LogP contribution in [0.5, 0.6) is 0 Å². The van der Waals surface area contributed by atoms with E-state index < -0.39 is 0 Å². The van der Waals surface area contributed by atoms with Crippen LogP contribution in [0.4, 0.5) is 4.39 Å². The fourth-order valence-corrected chi connectivity index (χ4v) is 1.59. The summed E-state index contributed by atoms with van der Waals surface area (Å²) in [5, 5.41) is 10.3. The van der Waals surface area contributed by atoms with E-state index in [2.05, 4.69) is 0 Å². The van der Waals surface area contributed by atoms with Gasteiger partial charge in [-0.25, -0.2) is 4.39 Å². The molecule has 0 aromatic heterocycles. The molecule has 0 unspecified atom stereocenters. The van der Waals surface area contributed by atoms with Crippen LogP contribution in [0.3, 0.4) is 0 Å². The molecule has 0 radical (unpaired) electrons. The minimum absolute atomic E-state index is 0.0186. The highest BCUT2D eigenvalue weighted by Gasteiger charge is 2.05. The predicted molar refractivity (Wildman–Crippen MR) is 54.7 cm³/mol. The van der Waals surface area contributed by atoms with Gasteiger partial charge in [0.05, 0.1) is 0 Å². The van der Waals surface area contributed by atoms with Crippen LogP contribution in [0.2, 0.25) is 0 Å². The Morgan fingerprint density at radius 3 is 2.64 bits per heavy atom. The lowest BCUT2D eigenvalue weighted by Crippen LogP contribution is -1.95. The second-order valence-electron chi connectivity index (χ2n) is 3.23. The standard InChI is InChI=1S/C12H11FO/c13-12-10(7-8-14)6-5-9-3-1-2-4-11(9)12/h1-6,14H,7-8H2.